The van der Waals surface area contributed by atoms with E-state index in [1.165, 1.54) is 11.6 Å². The molecule has 1 aromatic carbocycles. The van der Waals surface area contributed by atoms with E-state index in [0.29, 0.717) is 24.8 Å². The SMILES string of the molecule is C/C=C/CCc1cc(O)c(C/C=C(\C)CCC=C(C)C)c(O)c1C(=O)O. The Hall–Kier alpha value is -2.49. The first kappa shape index (κ1) is 21.6. The second-order valence-electron chi connectivity index (χ2n) is 6.74. The number of hydrogen-bond donors (Lipinski definition) is 3. The van der Waals surface area contributed by atoms with Crippen LogP contribution in [-0.4, -0.2) is 21.3 Å². The minimum Gasteiger partial charge on any atom is -0.508 e. The van der Waals surface area contributed by atoms with Gasteiger partial charge in [-0.05, 0) is 71.4 Å². The van der Waals surface area contributed by atoms with Gasteiger partial charge in [-0.25, -0.2) is 4.79 Å². The molecule has 0 aliphatic heterocycles. The third kappa shape index (κ3) is 6.43. The highest BCUT2D eigenvalue weighted by Gasteiger charge is 2.21. The zero-order chi connectivity index (χ0) is 19.7. The van der Waals surface area contributed by atoms with Gasteiger partial charge in [0.15, 0.2) is 0 Å². The molecule has 142 valence electrons. The number of carboxylic acid groups (broad SMARTS) is 1. The normalized spacial score (nSPS) is 11.8. The molecule has 4 heteroatoms. The van der Waals surface area contributed by atoms with Gasteiger partial charge < -0.3 is 15.3 Å². The van der Waals surface area contributed by atoms with E-state index in [2.05, 4.69) is 19.9 Å². The Balaban J connectivity index is 3.07. The standard InChI is InChI=1S/C22H30O4/c1-5-6-7-11-17-14-19(23)18(21(24)20(17)22(25)26)13-12-16(4)10-8-9-15(2)3/h5-6,9,12,14,23-24H,7-8,10-11,13H2,1-4H3,(H,25,26)/b6-5+,16-12+. The van der Waals surface area contributed by atoms with Gasteiger partial charge in [-0.1, -0.05) is 35.5 Å². The number of carbonyl (C=O) groups is 1. The molecule has 0 aliphatic carbocycles. The lowest BCUT2D eigenvalue weighted by atomic mass is 9.95. The highest BCUT2D eigenvalue weighted by atomic mass is 16.4. The molecule has 3 N–H and O–H groups in total. The fourth-order valence-electron chi connectivity index (χ4n) is 2.76. The van der Waals surface area contributed by atoms with Crippen molar-refractivity contribution in [1.82, 2.24) is 0 Å². The van der Waals surface area contributed by atoms with Gasteiger partial charge in [0.1, 0.15) is 17.1 Å². The summed E-state index contributed by atoms with van der Waals surface area (Å²) in [5, 5.41) is 30.2. The number of aromatic hydroxyl groups is 2. The zero-order valence-corrected chi connectivity index (χ0v) is 16.2. The lowest BCUT2D eigenvalue weighted by Crippen LogP contribution is -2.05. The average Bonchev–Trinajstić information content (AvgIpc) is 2.53. The van der Waals surface area contributed by atoms with Gasteiger partial charge in [0.2, 0.25) is 0 Å². The second kappa shape index (κ2) is 10.5. The number of hydrogen-bond acceptors (Lipinski definition) is 3. The summed E-state index contributed by atoms with van der Waals surface area (Å²) in [6, 6.07) is 1.47. The van der Waals surface area contributed by atoms with Crippen molar-refractivity contribution < 1.29 is 20.1 Å². The molecular weight excluding hydrogens is 328 g/mol. The van der Waals surface area contributed by atoms with E-state index in [1.807, 2.05) is 32.1 Å². The average molecular weight is 358 g/mol. The van der Waals surface area contributed by atoms with E-state index >= 15 is 0 Å². The number of rotatable bonds is 9. The fourth-order valence-corrected chi connectivity index (χ4v) is 2.76. The van der Waals surface area contributed by atoms with E-state index in [4.69, 9.17) is 0 Å². The van der Waals surface area contributed by atoms with E-state index in [1.54, 1.807) is 0 Å². The first-order chi connectivity index (χ1) is 12.3. The smallest absolute Gasteiger partial charge is 0.339 e. The summed E-state index contributed by atoms with van der Waals surface area (Å²) in [5.74, 6) is -1.57. The second-order valence-corrected chi connectivity index (χ2v) is 6.74. The quantitative estimate of drug-likeness (QED) is 0.506. The maximum atomic E-state index is 11.6. The molecule has 0 saturated heterocycles. The van der Waals surface area contributed by atoms with Crippen molar-refractivity contribution in [3.05, 3.63) is 58.2 Å². The van der Waals surface area contributed by atoms with Crippen LogP contribution in [0.3, 0.4) is 0 Å². The number of allylic oxidation sites excluding steroid dienone is 6. The summed E-state index contributed by atoms with van der Waals surface area (Å²) < 4.78 is 0. The molecule has 0 aromatic heterocycles. The third-order valence-electron chi connectivity index (χ3n) is 4.24. The molecular formula is C22H30O4. The van der Waals surface area contributed by atoms with Crippen LogP contribution in [0.15, 0.2) is 41.5 Å². The molecule has 26 heavy (non-hydrogen) atoms. The van der Waals surface area contributed by atoms with E-state index in [0.717, 1.165) is 18.4 Å². The van der Waals surface area contributed by atoms with Gasteiger partial charge in [0.05, 0.1) is 0 Å². The van der Waals surface area contributed by atoms with Crippen molar-refractivity contribution >= 4 is 5.97 Å². The van der Waals surface area contributed by atoms with E-state index in [9.17, 15) is 20.1 Å². The Morgan fingerprint density at radius 2 is 1.81 bits per heavy atom. The number of aromatic carboxylic acids is 1. The third-order valence-corrected chi connectivity index (χ3v) is 4.24. The molecule has 0 bridgehead atoms. The largest absolute Gasteiger partial charge is 0.508 e. The molecule has 4 nitrogen and oxygen atoms in total. The Morgan fingerprint density at radius 1 is 1.12 bits per heavy atom. The van der Waals surface area contributed by atoms with Gasteiger partial charge in [0, 0.05) is 5.56 Å². The highest BCUT2D eigenvalue weighted by molar-refractivity contribution is 5.93. The van der Waals surface area contributed by atoms with Crippen LogP contribution in [0.5, 0.6) is 11.5 Å². The van der Waals surface area contributed by atoms with Gasteiger partial charge in [-0.2, -0.15) is 0 Å². The summed E-state index contributed by atoms with van der Waals surface area (Å²) in [6.07, 6.45) is 11.1. The molecule has 0 amide bonds. The summed E-state index contributed by atoms with van der Waals surface area (Å²) in [4.78, 5) is 11.6. The number of carboxylic acids is 1. The number of aryl methyl sites for hydroxylation is 1. The van der Waals surface area contributed by atoms with Crippen LogP contribution in [0.4, 0.5) is 0 Å². The number of phenolic OH excluding ortho intramolecular Hbond substituents is 1. The molecule has 1 rings (SSSR count). The molecule has 0 unspecified atom stereocenters. The first-order valence-electron chi connectivity index (χ1n) is 8.98. The predicted octanol–water partition coefficient (Wildman–Crippen LogP) is 5.54. The molecule has 1 aromatic rings. The van der Waals surface area contributed by atoms with E-state index < -0.39 is 5.97 Å². The Kier molecular flexibility index (Phi) is 8.70. The number of benzene rings is 1. The molecule has 0 heterocycles. The summed E-state index contributed by atoms with van der Waals surface area (Å²) in [7, 11) is 0. The van der Waals surface area contributed by atoms with Crippen molar-refractivity contribution in [1.29, 1.82) is 0 Å². The van der Waals surface area contributed by atoms with E-state index in [-0.39, 0.29) is 22.6 Å². The predicted molar refractivity (Wildman–Crippen MR) is 106 cm³/mol. The molecule has 0 saturated carbocycles. The van der Waals surface area contributed by atoms with Crippen LogP contribution in [0.2, 0.25) is 0 Å². The van der Waals surface area contributed by atoms with Crippen LogP contribution in [-0.2, 0) is 12.8 Å². The Bertz CT molecular complexity index is 720. The Labute approximate surface area is 156 Å². The highest BCUT2D eigenvalue weighted by Crippen LogP contribution is 2.35. The molecule has 0 spiro atoms. The lowest BCUT2D eigenvalue weighted by Gasteiger charge is -2.13. The Morgan fingerprint density at radius 3 is 2.38 bits per heavy atom. The van der Waals surface area contributed by atoms with Crippen molar-refractivity contribution in [3.63, 3.8) is 0 Å². The number of phenols is 2. The summed E-state index contributed by atoms with van der Waals surface area (Å²) in [6.45, 7) is 8.00. The topological polar surface area (TPSA) is 77.8 Å². The summed E-state index contributed by atoms with van der Waals surface area (Å²) >= 11 is 0. The van der Waals surface area contributed by atoms with Gasteiger partial charge in [0.25, 0.3) is 0 Å². The lowest BCUT2D eigenvalue weighted by molar-refractivity contribution is 0.0692. The minimum absolute atomic E-state index is 0.0590. The van der Waals surface area contributed by atoms with Crippen LogP contribution in [0, 0.1) is 0 Å². The van der Waals surface area contributed by atoms with Crippen molar-refractivity contribution in [2.45, 2.75) is 59.8 Å². The maximum Gasteiger partial charge on any atom is 0.339 e. The zero-order valence-electron chi connectivity index (χ0n) is 16.2. The molecule has 0 atom stereocenters. The van der Waals surface area contributed by atoms with Gasteiger partial charge in [-0.3, -0.25) is 0 Å². The van der Waals surface area contributed by atoms with Crippen LogP contribution in [0.1, 0.15) is 68.4 Å². The molecule has 0 radical (unpaired) electrons. The maximum absolute atomic E-state index is 11.6. The van der Waals surface area contributed by atoms with Gasteiger partial charge >= 0.3 is 5.97 Å². The minimum atomic E-state index is -1.18. The molecule has 0 aliphatic rings. The van der Waals surface area contributed by atoms with Crippen molar-refractivity contribution in [2.75, 3.05) is 0 Å². The van der Waals surface area contributed by atoms with Crippen LogP contribution in [0.25, 0.3) is 0 Å². The molecule has 0 fully saturated rings. The van der Waals surface area contributed by atoms with Crippen molar-refractivity contribution in [3.8, 4) is 11.5 Å². The fraction of sp³-hybridized carbons (Fsp3) is 0.409. The van der Waals surface area contributed by atoms with Crippen molar-refractivity contribution in [2.24, 2.45) is 0 Å². The van der Waals surface area contributed by atoms with Crippen LogP contribution >= 0.6 is 0 Å². The summed E-state index contributed by atoms with van der Waals surface area (Å²) in [5.41, 5.74) is 3.00. The van der Waals surface area contributed by atoms with Gasteiger partial charge in [-0.15, -0.1) is 0 Å². The first-order valence-corrected chi connectivity index (χ1v) is 8.98. The van der Waals surface area contributed by atoms with Crippen LogP contribution < -0.4 is 0 Å². The monoisotopic (exact) mass is 358 g/mol.